The van der Waals surface area contributed by atoms with Gasteiger partial charge < -0.3 is 19.4 Å². The highest BCUT2D eigenvalue weighted by Gasteiger charge is 2.75. The molecule has 1 spiro atoms. The second-order valence-electron chi connectivity index (χ2n) is 17.4. The van der Waals surface area contributed by atoms with Crippen LogP contribution in [0.4, 0.5) is 8.78 Å². The van der Waals surface area contributed by atoms with Crippen molar-refractivity contribution in [3.8, 4) is 22.5 Å². The van der Waals surface area contributed by atoms with Crippen molar-refractivity contribution in [2.45, 2.75) is 96.4 Å². The Kier molecular flexibility index (Phi) is 8.75. The second-order valence-corrected chi connectivity index (χ2v) is 18.2. The molecule has 2 N–H and O–H groups in total. The molecule has 1 aromatic carbocycles. The van der Waals surface area contributed by atoms with Crippen LogP contribution in [0.15, 0.2) is 41.9 Å². The Morgan fingerprint density at radius 1 is 1.21 bits per heavy atom. The van der Waals surface area contributed by atoms with E-state index in [1.54, 1.807) is 13.3 Å². The molecule has 0 radical (unpaired) electrons. The van der Waals surface area contributed by atoms with Crippen molar-refractivity contribution in [2.75, 3.05) is 20.3 Å². The molecule has 6 bridgehead atoms. The van der Waals surface area contributed by atoms with E-state index in [0.717, 1.165) is 56.1 Å². The third kappa shape index (κ3) is 5.96. The lowest BCUT2D eigenvalue weighted by Crippen LogP contribution is -2.63. The quantitative estimate of drug-likeness (QED) is 0.214. The molecular formula is C42H48F2N6O5S. The largest absolute Gasteiger partial charge is 0.464 e. The first-order chi connectivity index (χ1) is 26.7. The number of thiazole rings is 1. The maximum Gasteiger partial charge on any atom is 0.325 e. The van der Waals surface area contributed by atoms with Crippen molar-refractivity contribution in [3.63, 3.8) is 0 Å². The zero-order valence-corrected chi connectivity index (χ0v) is 33.3. The first-order valence-corrected chi connectivity index (χ1v) is 20.6. The Morgan fingerprint density at radius 3 is 2.68 bits per heavy atom. The number of halogens is 2. The SMILES string of the molecule is CCn1c(-c2cccnc2[C@H](C)OC)c2c3cc(ccc31)-c1csc(n1)C1(CC1)[C@H](NC(=O)[C@H]1C[C@@H]1C)C(=O)N1C[C@H]3[C@@H]([C@H](N1)C(=O)OCC(C)(C)C2)C3(F)F. The molecular weight excluding hydrogens is 739 g/mol. The fourth-order valence-electron chi connectivity index (χ4n) is 9.22. The smallest absolute Gasteiger partial charge is 0.325 e. The number of hydrogen-bond acceptors (Lipinski definition) is 9. The number of nitrogens with one attached hydrogen (secondary N) is 2. The van der Waals surface area contributed by atoms with Crippen molar-refractivity contribution in [1.29, 1.82) is 0 Å². The van der Waals surface area contributed by atoms with Crippen LogP contribution >= 0.6 is 11.3 Å². The summed E-state index contributed by atoms with van der Waals surface area (Å²) in [5, 5.41) is 7.91. The number of benzene rings is 1. The van der Waals surface area contributed by atoms with Crippen LogP contribution in [0.25, 0.3) is 33.4 Å². The molecule has 5 aliphatic rings. The van der Waals surface area contributed by atoms with Crippen LogP contribution in [0, 0.1) is 29.1 Å². The molecule has 5 heterocycles. The highest BCUT2D eigenvalue weighted by Crippen LogP contribution is 2.60. The van der Waals surface area contributed by atoms with Gasteiger partial charge in [-0.3, -0.25) is 24.4 Å². The number of esters is 1. The fraction of sp³-hybridized carbons (Fsp3) is 0.548. The topological polar surface area (TPSA) is 128 Å². The molecule has 4 aromatic rings. The summed E-state index contributed by atoms with van der Waals surface area (Å²) in [5.41, 5.74) is 7.86. The summed E-state index contributed by atoms with van der Waals surface area (Å²) in [6.07, 6.45) is 3.87. The van der Waals surface area contributed by atoms with E-state index in [1.807, 2.05) is 39.1 Å². The number of hydrazine groups is 1. The zero-order valence-electron chi connectivity index (χ0n) is 32.5. The Balaban J connectivity index is 1.21. The van der Waals surface area contributed by atoms with E-state index >= 15 is 8.78 Å². The Bertz CT molecular complexity index is 2270. The maximum absolute atomic E-state index is 15.4. The van der Waals surface area contributed by atoms with Crippen molar-refractivity contribution >= 4 is 40.0 Å². The molecule has 2 aliphatic heterocycles. The van der Waals surface area contributed by atoms with E-state index in [2.05, 4.69) is 46.5 Å². The number of pyridine rings is 1. The lowest BCUT2D eigenvalue weighted by Gasteiger charge is -2.36. The number of aromatic nitrogens is 3. The Morgan fingerprint density at radius 2 is 1.98 bits per heavy atom. The van der Waals surface area contributed by atoms with Gasteiger partial charge in [-0.1, -0.05) is 26.8 Å². The van der Waals surface area contributed by atoms with Gasteiger partial charge in [0, 0.05) is 65.1 Å². The van der Waals surface area contributed by atoms with Gasteiger partial charge in [0.25, 0.3) is 11.8 Å². The molecule has 2 amide bonds. The number of nitrogens with zero attached hydrogens (tertiary/aromatic N) is 4. The average molecular weight is 787 g/mol. The summed E-state index contributed by atoms with van der Waals surface area (Å²) in [6.45, 7) is 10.4. The van der Waals surface area contributed by atoms with E-state index in [4.69, 9.17) is 19.4 Å². The third-order valence-electron chi connectivity index (χ3n) is 12.9. The standard InChI is InChI=1S/C42H48F2N6O5S/c1-7-49-30-11-10-23-16-26(30)27(34(49)24-9-8-14-45-32(24)22(3)54-6)17-40(4,5)20-55-38(53)33-31-28(42(31,43)44)18-50(48-33)37(52)35(47-36(51)25-15-21(25)2)41(12-13-41)39-46-29(23)19-56-39/h8-11,14,16,19,21-22,25,28,31,33,35,48H,7,12-13,15,17-18,20H2,1-6H3,(H,47,51)/t21-,22-,25-,28-,31-,33-,35+/m0/s1. The molecule has 56 heavy (non-hydrogen) atoms. The molecule has 3 saturated carbocycles. The van der Waals surface area contributed by atoms with Crippen molar-refractivity contribution in [2.24, 2.45) is 29.1 Å². The van der Waals surface area contributed by atoms with E-state index in [0.29, 0.717) is 30.8 Å². The number of carbonyl (C=O) groups is 3. The van der Waals surface area contributed by atoms with Gasteiger partial charge in [-0.2, -0.15) is 0 Å². The van der Waals surface area contributed by atoms with Crippen LogP contribution in [-0.2, 0) is 42.2 Å². The average Bonchev–Trinajstić information content (AvgIpc) is 4.14. The number of carbonyl (C=O) groups excluding carboxylic acids is 3. The van der Waals surface area contributed by atoms with Gasteiger partial charge in [0.1, 0.15) is 17.1 Å². The van der Waals surface area contributed by atoms with Gasteiger partial charge in [0.05, 0.1) is 47.0 Å². The van der Waals surface area contributed by atoms with Gasteiger partial charge in [0.15, 0.2) is 0 Å². The molecule has 0 unspecified atom stereocenters. The van der Waals surface area contributed by atoms with Gasteiger partial charge in [-0.05, 0) is 75.3 Å². The van der Waals surface area contributed by atoms with Gasteiger partial charge in [-0.25, -0.2) is 19.2 Å². The minimum atomic E-state index is -3.15. The zero-order chi connectivity index (χ0) is 39.5. The third-order valence-corrected chi connectivity index (χ3v) is 14.0. The lowest BCUT2D eigenvalue weighted by atomic mass is 9.84. The normalized spacial score (nSPS) is 29.0. The summed E-state index contributed by atoms with van der Waals surface area (Å²) in [7, 11) is 1.66. The molecule has 1 saturated heterocycles. The Hall–Kier alpha value is -4.27. The van der Waals surface area contributed by atoms with Crippen LogP contribution in [0.3, 0.4) is 0 Å². The van der Waals surface area contributed by atoms with Crippen molar-refractivity contribution < 1.29 is 32.6 Å². The number of aryl methyl sites for hydroxylation is 1. The molecule has 14 heteroatoms. The predicted octanol–water partition coefficient (Wildman–Crippen LogP) is 6.45. The highest BCUT2D eigenvalue weighted by molar-refractivity contribution is 7.10. The highest BCUT2D eigenvalue weighted by atomic mass is 32.1. The molecule has 3 aromatic heterocycles. The minimum absolute atomic E-state index is 0.0516. The van der Waals surface area contributed by atoms with Gasteiger partial charge in [-0.15, -0.1) is 11.3 Å². The molecule has 11 nitrogen and oxygen atoms in total. The summed E-state index contributed by atoms with van der Waals surface area (Å²) in [5.74, 6) is -7.27. The molecule has 7 atom stereocenters. The van der Waals surface area contributed by atoms with E-state index < -0.39 is 52.5 Å². The van der Waals surface area contributed by atoms with Crippen LogP contribution in [0.5, 0.6) is 0 Å². The van der Waals surface area contributed by atoms with Crippen molar-refractivity contribution in [3.05, 3.63) is 58.2 Å². The molecule has 296 valence electrons. The number of amides is 2. The molecule has 4 fully saturated rings. The summed E-state index contributed by atoms with van der Waals surface area (Å²) >= 11 is 1.44. The number of rotatable bonds is 6. The molecule has 9 rings (SSSR count). The van der Waals surface area contributed by atoms with E-state index in [1.165, 1.54) is 11.3 Å². The second kappa shape index (κ2) is 13.1. The number of ether oxygens (including phenoxy) is 2. The monoisotopic (exact) mass is 786 g/mol. The minimum Gasteiger partial charge on any atom is -0.464 e. The summed E-state index contributed by atoms with van der Waals surface area (Å²) < 4.78 is 44.8. The lowest BCUT2D eigenvalue weighted by molar-refractivity contribution is -0.156. The fourth-order valence-corrected chi connectivity index (χ4v) is 10.3. The van der Waals surface area contributed by atoms with E-state index in [9.17, 15) is 14.4 Å². The number of alkyl halides is 2. The van der Waals surface area contributed by atoms with Gasteiger partial charge in [0.2, 0.25) is 5.91 Å². The number of hydrogen-bond donors (Lipinski definition) is 2. The number of fused-ring (bicyclic) bond motifs is 9. The Labute approximate surface area is 328 Å². The molecule has 3 aliphatic carbocycles. The van der Waals surface area contributed by atoms with Crippen LogP contribution < -0.4 is 10.7 Å². The van der Waals surface area contributed by atoms with Crippen LogP contribution in [-0.4, -0.2) is 75.6 Å². The summed E-state index contributed by atoms with van der Waals surface area (Å²) in [4.78, 5) is 51.9. The van der Waals surface area contributed by atoms with E-state index in [-0.39, 0.29) is 37.0 Å². The summed E-state index contributed by atoms with van der Waals surface area (Å²) in [6, 6.07) is 7.84. The predicted molar refractivity (Wildman–Crippen MR) is 206 cm³/mol. The maximum atomic E-state index is 15.4. The van der Waals surface area contributed by atoms with Crippen LogP contribution in [0.2, 0.25) is 0 Å². The number of cyclic esters (lactones) is 1. The van der Waals surface area contributed by atoms with Crippen molar-refractivity contribution in [1.82, 2.24) is 30.3 Å². The van der Waals surface area contributed by atoms with Gasteiger partial charge >= 0.3 is 5.97 Å². The van der Waals surface area contributed by atoms with Crippen LogP contribution in [0.1, 0.15) is 76.3 Å². The first-order valence-electron chi connectivity index (χ1n) is 19.7. The first kappa shape index (κ1) is 37.3. The number of methoxy groups -OCH3 is 1.